The van der Waals surface area contributed by atoms with E-state index in [1.54, 1.807) is 0 Å². The van der Waals surface area contributed by atoms with Gasteiger partial charge in [0.05, 0.1) is 0 Å². The Morgan fingerprint density at radius 2 is 2.06 bits per heavy atom. The van der Waals surface area contributed by atoms with Gasteiger partial charge < -0.3 is 0 Å². The van der Waals surface area contributed by atoms with Crippen LogP contribution in [-0.2, 0) is 4.84 Å². The SMILES string of the molecule is C[Si](C)(C)C#CC1=CC2(CCSCC2)ON1. The summed E-state index contributed by atoms with van der Waals surface area (Å²) in [6.45, 7) is 6.76. The molecule has 0 aliphatic carbocycles. The van der Waals surface area contributed by atoms with E-state index in [9.17, 15) is 0 Å². The van der Waals surface area contributed by atoms with Crippen molar-refractivity contribution >= 4 is 19.8 Å². The molecule has 2 nitrogen and oxygen atoms in total. The van der Waals surface area contributed by atoms with Crippen molar-refractivity contribution in [2.24, 2.45) is 0 Å². The molecular weight excluding hydrogens is 234 g/mol. The smallest absolute Gasteiger partial charge is 0.129 e. The molecule has 4 heteroatoms. The van der Waals surface area contributed by atoms with Gasteiger partial charge in [-0.3, -0.25) is 10.3 Å². The monoisotopic (exact) mass is 253 g/mol. The van der Waals surface area contributed by atoms with Crippen LogP contribution in [0.4, 0.5) is 0 Å². The highest BCUT2D eigenvalue weighted by molar-refractivity contribution is 7.99. The van der Waals surface area contributed by atoms with E-state index in [4.69, 9.17) is 4.84 Å². The molecule has 0 aromatic rings. The summed E-state index contributed by atoms with van der Waals surface area (Å²) in [6, 6.07) is 0. The summed E-state index contributed by atoms with van der Waals surface area (Å²) in [5, 5.41) is 0. The molecule has 2 aliphatic heterocycles. The van der Waals surface area contributed by atoms with Crippen molar-refractivity contribution in [1.29, 1.82) is 0 Å². The van der Waals surface area contributed by atoms with Crippen LogP contribution < -0.4 is 5.48 Å². The average Bonchev–Trinajstić information content (AvgIpc) is 2.59. The van der Waals surface area contributed by atoms with Gasteiger partial charge in [-0.1, -0.05) is 25.6 Å². The molecule has 1 fully saturated rings. The highest BCUT2D eigenvalue weighted by atomic mass is 32.2. The van der Waals surface area contributed by atoms with Gasteiger partial charge in [-0.25, -0.2) is 0 Å². The van der Waals surface area contributed by atoms with Crippen molar-refractivity contribution in [2.45, 2.75) is 38.1 Å². The van der Waals surface area contributed by atoms with Crippen LogP contribution >= 0.6 is 11.8 Å². The molecule has 1 spiro atoms. The van der Waals surface area contributed by atoms with Gasteiger partial charge >= 0.3 is 0 Å². The molecule has 2 aliphatic rings. The third-order valence-electron chi connectivity index (χ3n) is 2.68. The first-order valence-corrected chi connectivity index (χ1v) is 10.4. The van der Waals surface area contributed by atoms with Crippen molar-refractivity contribution in [3.63, 3.8) is 0 Å². The van der Waals surface area contributed by atoms with Crippen LogP contribution in [0.1, 0.15) is 12.8 Å². The van der Waals surface area contributed by atoms with Gasteiger partial charge in [0.1, 0.15) is 19.4 Å². The Labute approximate surface area is 103 Å². The molecule has 16 heavy (non-hydrogen) atoms. The molecule has 0 radical (unpaired) electrons. The summed E-state index contributed by atoms with van der Waals surface area (Å²) in [7, 11) is -1.29. The highest BCUT2D eigenvalue weighted by Gasteiger charge is 2.36. The quantitative estimate of drug-likeness (QED) is 0.529. The molecule has 0 atom stereocenters. The molecular formula is C12H19NOSSi. The number of thioether (sulfide) groups is 1. The third-order valence-corrected chi connectivity index (χ3v) is 4.54. The predicted octanol–water partition coefficient (Wildman–Crippen LogP) is 2.55. The molecule has 0 aromatic heterocycles. The van der Waals surface area contributed by atoms with Crippen molar-refractivity contribution in [2.75, 3.05) is 11.5 Å². The minimum absolute atomic E-state index is 0.0608. The van der Waals surface area contributed by atoms with Crippen LogP contribution in [-0.4, -0.2) is 25.2 Å². The average molecular weight is 253 g/mol. The zero-order valence-corrected chi connectivity index (χ0v) is 12.0. The molecule has 0 unspecified atom stereocenters. The first-order chi connectivity index (χ1) is 7.49. The third kappa shape index (κ3) is 3.06. The summed E-state index contributed by atoms with van der Waals surface area (Å²) in [5.41, 5.74) is 7.26. The largest absolute Gasteiger partial charge is 0.265 e. The normalized spacial score (nSPS) is 23.3. The lowest BCUT2D eigenvalue weighted by molar-refractivity contribution is -0.0432. The molecule has 2 heterocycles. The Balaban J connectivity index is 2.07. The van der Waals surface area contributed by atoms with E-state index in [2.05, 4.69) is 42.7 Å². The number of nitrogens with one attached hydrogen (secondary N) is 1. The molecule has 0 saturated carbocycles. The zero-order chi connectivity index (χ0) is 11.6. The zero-order valence-electron chi connectivity index (χ0n) is 10.2. The minimum atomic E-state index is -1.29. The first-order valence-electron chi connectivity index (χ1n) is 5.77. The van der Waals surface area contributed by atoms with E-state index < -0.39 is 8.07 Å². The predicted molar refractivity (Wildman–Crippen MR) is 72.7 cm³/mol. The van der Waals surface area contributed by atoms with Gasteiger partial charge in [0, 0.05) is 0 Å². The van der Waals surface area contributed by atoms with Crippen molar-refractivity contribution < 1.29 is 4.84 Å². The maximum absolute atomic E-state index is 5.72. The Bertz CT molecular complexity index is 355. The Hall–Kier alpha value is -0.373. The molecule has 1 N–H and O–H groups in total. The van der Waals surface area contributed by atoms with Gasteiger partial charge in [-0.15, -0.1) is 5.54 Å². The first kappa shape index (κ1) is 12.1. The molecule has 0 bridgehead atoms. The van der Waals surface area contributed by atoms with Gasteiger partial charge in [-0.05, 0) is 30.4 Å². The van der Waals surface area contributed by atoms with Crippen LogP contribution in [0.15, 0.2) is 11.8 Å². The van der Waals surface area contributed by atoms with Crippen molar-refractivity contribution in [3.8, 4) is 11.5 Å². The van der Waals surface area contributed by atoms with E-state index in [1.165, 1.54) is 11.5 Å². The van der Waals surface area contributed by atoms with Crippen LogP contribution in [0.25, 0.3) is 0 Å². The van der Waals surface area contributed by atoms with Gasteiger partial charge in [0.2, 0.25) is 0 Å². The van der Waals surface area contributed by atoms with E-state index in [0.717, 1.165) is 18.5 Å². The lowest BCUT2D eigenvalue weighted by Crippen LogP contribution is -2.33. The number of hydrogen-bond acceptors (Lipinski definition) is 3. The van der Waals surface area contributed by atoms with Crippen LogP contribution in [0.3, 0.4) is 0 Å². The van der Waals surface area contributed by atoms with Gasteiger partial charge in [0.25, 0.3) is 0 Å². The number of rotatable bonds is 0. The van der Waals surface area contributed by atoms with E-state index in [-0.39, 0.29) is 5.60 Å². The second-order valence-electron chi connectivity index (χ2n) is 5.44. The van der Waals surface area contributed by atoms with Crippen LogP contribution in [0, 0.1) is 11.5 Å². The summed E-state index contributed by atoms with van der Waals surface area (Å²) < 4.78 is 0. The molecule has 1 saturated heterocycles. The van der Waals surface area contributed by atoms with Crippen molar-refractivity contribution in [1.82, 2.24) is 5.48 Å². The summed E-state index contributed by atoms with van der Waals surface area (Å²) >= 11 is 2.01. The number of hydroxylamine groups is 1. The van der Waals surface area contributed by atoms with Gasteiger partial charge in [-0.2, -0.15) is 11.8 Å². The molecule has 2 rings (SSSR count). The second-order valence-corrected chi connectivity index (χ2v) is 11.4. The molecule has 0 amide bonds. The fraction of sp³-hybridized carbons (Fsp3) is 0.667. The number of hydrogen-bond donors (Lipinski definition) is 1. The Morgan fingerprint density at radius 3 is 2.69 bits per heavy atom. The van der Waals surface area contributed by atoms with Gasteiger partial charge in [0.15, 0.2) is 0 Å². The fourth-order valence-corrected chi connectivity index (χ4v) is 3.45. The fourth-order valence-electron chi connectivity index (χ4n) is 1.76. The van der Waals surface area contributed by atoms with Crippen LogP contribution in [0.5, 0.6) is 0 Å². The van der Waals surface area contributed by atoms with E-state index >= 15 is 0 Å². The lowest BCUT2D eigenvalue weighted by atomic mass is 9.96. The highest BCUT2D eigenvalue weighted by Crippen LogP contribution is 2.34. The summed E-state index contributed by atoms with van der Waals surface area (Å²) in [4.78, 5) is 5.72. The maximum atomic E-state index is 5.72. The lowest BCUT2D eigenvalue weighted by Gasteiger charge is -2.28. The standard InChI is InChI=1S/C12H19NOSSi/c1-16(2,3)9-4-11-10-12(14-13-11)5-7-15-8-6-12/h10,13H,5-8H2,1-3H3. The van der Waals surface area contributed by atoms with Crippen molar-refractivity contribution in [3.05, 3.63) is 11.8 Å². The van der Waals surface area contributed by atoms with E-state index in [1.807, 2.05) is 11.8 Å². The second kappa shape index (κ2) is 4.48. The topological polar surface area (TPSA) is 21.3 Å². The molecule has 88 valence electrons. The minimum Gasteiger partial charge on any atom is -0.265 e. The van der Waals surface area contributed by atoms with Crippen LogP contribution in [0.2, 0.25) is 19.6 Å². The number of allylic oxidation sites excluding steroid dienone is 1. The maximum Gasteiger partial charge on any atom is 0.129 e. The molecule has 0 aromatic carbocycles. The Kier molecular flexibility index (Phi) is 3.39. The summed E-state index contributed by atoms with van der Waals surface area (Å²) in [5.74, 6) is 5.60. The summed E-state index contributed by atoms with van der Waals surface area (Å²) in [6.07, 6.45) is 4.39. The Morgan fingerprint density at radius 1 is 1.38 bits per heavy atom. The van der Waals surface area contributed by atoms with E-state index in [0.29, 0.717) is 0 Å².